The van der Waals surface area contributed by atoms with Gasteiger partial charge in [-0.2, -0.15) is 0 Å². The zero-order valence-corrected chi connectivity index (χ0v) is 23.5. The number of carboxylic acid groups (broad SMARTS) is 1. The number of hydrogen-bond acceptors (Lipinski definition) is 3. The highest BCUT2D eigenvalue weighted by Gasteiger charge is 2.02. The summed E-state index contributed by atoms with van der Waals surface area (Å²) in [6, 6.07) is 0. The minimum Gasteiger partial charge on any atom is -0.481 e. The van der Waals surface area contributed by atoms with Gasteiger partial charge in [0.1, 0.15) is 0 Å². The molecule has 0 bridgehead atoms. The number of rotatable bonds is 29. The van der Waals surface area contributed by atoms with E-state index in [0.717, 1.165) is 32.1 Å². The van der Waals surface area contributed by atoms with E-state index in [-0.39, 0.29) is 5.97 Å². The molecule has 0 unspecified atom stereocenters. The molecule has 0 spiro atoms. The summed E-state index contributed by atoms with van der Waals surface area (Å²) in [7, 11) is 0. The quantitative estimate of drug-likeness (QED) is 0.0826. The monoisotopic (exact) mass is 496 g/mol. The molecule has 0 aliphatic rings. The largest absolute Gasteiger partial charge is 0.481 e. The summed E-state index contributed by atoms with van der Waals surface area (Å²) in [4.78, 5) is 22.2. The lowest BCUT2D eigenvalue weighted by molar-refractivity contribution is -0.144. The molecule has 0 aliphatic heterocycles. The van der Waals surface area contributed by atoms with E-state index >= 15 is 0 Å². The van der Waals surface area contributed by atoms with Crippen LogP contribution in [0.2, 0.25) is 0 Å². The number of esters is 1. The molecule has 0 amide bonds. The number of carbonyl (C=O) groups excluding carboxylic acids is 1. The van der Waals surface area contributed by atoms with E-state index in [0.29, 0.717) is 19.4 Å². The van der Waals surface area contributed by atoms with Crippen LogP contribution >= 0.6 is 0 Å². The molecule has 0 aromatic rings. The highest BCUT2D eigenvalue weighted by Crippen LogP contribution is 2.15. The van der Waals surface area contributed by atoms with Gasteiger partial charge < -0.3 is 9.84 Å². The van der Waals surface area contributed by atoms with Crippen LogP contribution in [-0.4, -0.2) is 23.7 Å². The maximum Gasteiger partial charge on any atom is 0.305 e. The fourth-order valence-corrected chi connectivity index (χ4v) is 4.69. The van der Waals surface area contributed by atoms with E-state index in [9.17, 15) is 9.59 Å². The van der Waals surface area contributed by atoms with Crippen LogP contribution in [-0.2, 0) is 14.3 Å². The van der Waals surface area contributed by atoms with Crippen LogP contribution in [0.3, 0.4) is 0 Å². The Labute approximate surface area is 218 Å². The van der Waals surface area contributed by atoms with Crippen molar-refractivity contribution in [1.29, 1.82) is 0 Å². The highest BCUT2D eigenvalue weighted by atomic mass is 16.5. The summed E-state index contributed by atoms with van der Waals surface area (Å²) >= 11 is 0. The molecule has 0 aliphatic carbocycles. The number of carboxylic acids is 1. The molecule has 0 atom stereocenters. The standard InChI is InChI=1S/C31H60O4/c1-2-3-4-5-22-25-28-31(34)35-29-26-23-20-18-16-14-12-10-8-6-7-9-11-13-15-17-19-21-24-27-30(32)33/h2-29H2,1H3,(H,32,33). The van der Waals surface area contributed by atoms with E-state index in [4.69, 9.17) is 9.84 Å². The smallest absolute Gasteiger partial charge is 0.305 e. The molecular weight excluding hydrogens is 436 g/mol. The third kappa shape index (κ3) is 30.9. The molecule has 0 aromatic carbocycles. The molecular formula is C31H60O4. The molecule has 0 fully saturated rings. The Kier molecular flexibility index (Phi) is 28.3. The highest BCUT2D eigenvalue weighted by molar-refractivity contribution is 5.69. The average Bonchev–Trinajstić information content (AvgIpc) is 2.84. The number of unbranched alkanes of at least 4 members (excludes halogenated alkanes) is 23. The Morgan fingerprint density at radius 3 is 1.14 bits per heavy atom. The summed E-state index contributed by atoms with van der Waals surface area (Å²) in [6.07, 6.45) is 32.5. The second kappa shape index (κ2) is 29.2. The Morgan fingerprint density at radius 2 is 0.771 bits per heavy atom. The maximum absolute atomic E-state index is 11.7. The van der Waals surface area contributed by atoms with Gasteiger partial charge in [0.15, 0.2) is 0 Å². The van der Waals surface area contributed by atoms with Crippen molar-refractivity contribution in [2.45, 2.75) is 180 Å². The minimum absolute atomic E-state index is 0.00205. The third-order valence-corrected chi connectivity index (χ3v) is 7.03. The van der Waals surface area contributed by atoms with E-state index in [1.807, 2.05) is 0 Å². The third-order valence-electron chi connectivity index (χ3n) is 7.03. The maximum atomic E-state index is 11.7. The summed E-state index contributed by atoms with van der Waals surface area (Å²) in [5.41, 5.74) is 0. The van der Waals surface area contributed by atoms with Gasteiger partial charge in [0.25, 0.3) is 0 Å². The predicted octanol–water partition coefficient (Wildman–Crippen LogP) is 10.2. The average molecular weight is 497 g/mol. The van der Waals surface area contributed by atoms with Crippen LogP contribution in [0, 0.1) is 0 Å². The number of ether oxygens (including phenoxy) is 1. The van der Waals surface area contributed by atoms with Gasteiger partial charge in [-0.1, -0.05) is 148 Å². The predicted molar refractivity (Wildman–Crippen MR) is 149 cm³/mol. The number of carbonyl (C=O) groups is 2. The van der Waals surface area contributed by atoms with Crippen LogP contribution in [0.5, 0.6) is 0 Å². The summed E-state index contributed by atoms with van der Waals surface area (Å²) in [5.74, 6) is -0.659. The fraction of sp³-hybridized carbons (Fsp3) is 0.935. The van der Waals surface area contributed by atoms with Crippen molar-refractivity contribution in [3.8, 4) is 0 Å². The first-order valence-electron chi connectivity index (χ1n) is 15.5. The van der Waals surface area contributed by atoms with E-state index in [2.05, 4.69) is 6.92 Å². The topological polar surface area (TPSA) is 63.6 Å². The fourth-order valence-electron chi connectivity index (χ4n) is 4.69. The Morgan fingerprint density at radius 1 is 0.457 bits per heavy atom. The van der Waals surface area contributed by atoms with Crippen molar-refractivity contribution >= 4 is 11.9 Å². The van der Waals surface area contributed by atoms with Crippen LogP contribution in [0.25, 0.3) is 0 Å². The first-order valence-corrected chi connectivity index (χ1v) is 15.5. The van der Waals surface area contributed by atoms with Crippen molar-refractivity contribution < 1.29 is 19.4 Å². The zero-order valence-electron chi connectivity index (χ0n) is 23.5. The van der Waals surface area contributed by atoms with Crippen molar-refractivity contribution in [3.05, 3.63) is 0 Å². The van der Waals surface area contributed by atoms with Crippen molar-refractivity contribution in [1.82, 2.24) is 0 Å². The van der Waals surface area contributed by atoms with Gasteiger partial charge in [0.05, 0.1) is 6.61 Å². The zero-order chi connectivity index (χ0) is 25.7. The first-order chi connectivity index (χ1) is 17.2. The van der Waals surface area contributed by atoms with Crippen LogP contribution in [0.4, 0.5) is 0 Å². The van der Waals surface area contributed by atoms with Crippen LogP contribution in [0.15, 0.2) is 0 Å². The normalized spacial score (nSPS) is 11.1. The molecule has 1 N–H and O–H groups in total. The summed E-state index contributed by atoms with van der Waals surface area (Å²) in [5, 5.41) is 8.61. The molecule has 0 heterocycles. The SMILES string of the molecule is CCCCCCCCC(=O)OCCCCCCCCCCCCCCCCCCCCCC(=O)O. The van der Waals surface area contributed by atoms with Crippen molar-refractivity contribution in [3.63, 3.8) is 0 Å². The molecule has 0 radical (unpaired) electrons. The molecule has 0 saturated carbocycles. The van der Waals surface area contributed by atoms with Crippen LogP contribution in [0.1, 0.15) is 180 Å². The minimum atomic E-state index is -0.661. The molecule has 0 saturated heterocycles. The number of aliphatic carboxylic acids is 1. The van der Waals surface area contributed by atoms with Crippen molar-refractivity contribution in [2.75, 3.05) is 6.61 Å². The van der Waals surface area contributed by atoms with E-state index < -0.39 is 5.97 Å². The summed E-state index contributed by atoms with van der Waals surface area (Å²) < 4.78 is 5.36. The summed E-state index contributed by atoms with van der Waals surface area (Å²) in [6.45, 7) is 2.84. The Bertz CT molecular complexity index is 449. The Hall–Kier alpha value is -1.06. The van der Waals surface area contributed by atoms with Gasteiger partial charge in [-0.3, -0.25) is 9.59 Å². The second-order valence-electron chi connectivity index (χ2n) is 10.6. The molecule has 0 rings (SSSR count). The van der Waals surface area contributed by atoms with Gasteiger partial charge in [0, 0.05) is 12.8 Å². The van der Waals surface area contributed by atoms with E-state index in [1.54, 1.807) is 0 Å². The Balaban J connectivity index is 3.11. The molecule has 0 aromatic heterocycles. The molecule has 208 valence electrons. The number of hydrogen-bond donors (Lipinski definition) is 1. The first kappa shape index (κ1) is 33.9. The van der Waals surface area contributed by atoms with Gasteiger partial charge >= 0.3 is 11.9 Å². The van der Waals surface area contributed by atoms with Gasteiger partial charge in [-0.05, 0) is 19.3 Å². The van der Waals surface area contributed by atoms with Gasteiger partial charge in [0.2, 0.25) is 0 Å². The molecule has 35 heavy (non-hydrogen) atoms. The van der Waals surface area contributed by atoms with Crippen LogP contribution < -0.4 is 0 Å². The lowest BCUT2D eigenvalue weighted by atomic mass is 10.0. The van der Waals surface area contributed by atoms with E-state index in [1.165, 1.54) is 128 Å². The molecule has 4 nitrogen and oxygen atoms in total. The lowest BCUT2D eigenvalue weighted by Crippen LogP contribution is -2.05. The van der Waals surface area contributed by atoms with Gasteiger partial charge in [-0.15, -0.1) is 0 Å². The molecule has 4 heteroatoms. The lowest BCUT2D eigenvalue weighted by Gasteiger charge is -2.05. The van der Waals surface area contributed by atoms with Crippen molar-refractivity contribution in [2.24, 2.45) is 0 Å². The van der Waals surface area contributed by atoms with Gasteiger partial charge in [-0.25, -0.2) is 0 Å². The second-order valence-corrected chi connectivity index (χ2v) is 10.6.